The van der Waals surface area contributed by atoms with Crippen LogP contribution in [0, 0.1) is 0 Å². The Kier molecular flexibility index (Phi) is 4.93. The van der Waals surface area contributed by atoms with Crippen molar-refractivity contribution in [3.05, 3.63) is 24.3 Å². The SMILES string of the molecule is CNS(=O)(=O)c1ccc(S(=O)(=O)NCC(C)(C)N)cc1. The van der Waals surface area contributed by atoms with E-state index in [-0.39, 0.29) is 16.3 Å². The standard InChI is InChI=1S/C11H19N3O4S2/c1-11(2,12)8-14-20(17,18)10-6-4-9(5-7-10)19(15,16)13-3/h4-7,13-14H,8,12H2,1-3H3. The van der Waals surface area contributed by atoms with Gasteiger partial charge < -0.3 is 5.73 Å². The van der Waals surface area contributed by atoms with E-state index in [4.69, 9.17) is 5.73 Å². The molecule has 0 radical (unpaired) electrons. The molecule has 1 aromatic rings. The summed E-state index contributed by atoms with van der Waals surface area (Å²) in [6.45, 7) is 3.46. The summed E-state index contributed by atoms with van der Waals surface area (Å²) < 4.78 is 51.5. The van der Waals surface area contributed by atoms with Gasteiger partial charge in [0.05, 0.1) is 9.79 Å². The van der Waals surface area contributed by atoms with Crippen LogP contribution in [0.15, 0.2) is 34.1 Å². The summed E-state index contributed by atoms with van der Waals surface area (Å²) in [6, 6.07) is 4.92. The lowest BCUT2D eigenvalue weighted by molar-refractivity contribution is 0.498. The topological polar surface area (TPSA) is 118 Å². The van der Waals surface area contributed by atoms with Crippen LogP contribution in [0.4, 0.5) is 0 Å². The fourth-order valence-electron chi connectivity index (χ4n) is 1.28. The number of benzene rings is 1. The van der Waals surface area contributed by atoms with Crippen molar-refractivity contribution in [2.24, 2.45) is 5.73 Å². The van der Waals surface area contributed by atoms with Gasteiger partial charge in [0, 0.05) is 12.1 Å². The molecular weight excluding hydrogens is 302 g/mol. The van der Waals surface area contributed by atoms with Crippen LogP contribution in [0.25, 0.3) is 0 Å². The van der Waals surface area contributed by atoms with Gasteiger partial charge in [-0.2, -0.15) is 0 Å². The van der Waals surface area contributed by atoms with Crippen molar-refractivity contribution in [2.45, 2.75) is 29.2 Å². The molecule has 0 fully saturated rings. The van der Waals surface area contributed by atoms with Gasteiger partial charge in [-0.15, -0.1) is 0 Å². The van der Waals surface area contributed by atoms with Gasteiger partial charge in [-0.3, -0.25) is 0 Å². The molecule has 0 heterocycles. The number of hydrogen-bond acceptors (Lipinski definition) is 5. The zero-order valence-corrected chi connectivity index (χ0v) is 13.2. The minimum Gasteiger partial charge on any atom is -0.324 e. The van der Waals surface area contributed by atoms with Crippen LogP contribution < -0.4 is 15.2 Å². The van der Waals surface area contributed by atoms with Crippen LogP contribution in [-0.2, 0) is 20.0 Å². The minimum atomic E-state index is -3.71. The van der Waals surface area contributed by atoms with Gasteiger partial charge >= 0.3 is 0 Å². The maximum Gasteiger partial charge on any atom is 0.240 e. The molecule has 0 aliphatic carbocycles. The zero-order valence-electron chi connectivity index (χ0n) is 11.5. The molecule has 0 aromatic heterocycles. The largest absolute Gasteiger partial charge is 0.324 e. The lowest BCUT2D eigenvalue weighted by atomic mass is 10.1. The highest BCUT2D eigenvalue weighted by Gasteiger charge is 2.19. The van der Waals surface area contributed by atoms with E-state index in [1.807, 2.05) is 0 Å². The molecule has 0 spiro atoms. The van der Waals surface area contributed by atoms with E-state index < -0.39 is 25.6 Å². The Hall–Kier alpha value is -1.00. The highest BCUT2D eigenvalue weighted by atomic mass is 32.2. The van der Waals surface area contributed by atoms with Crippen LogP contribution in [0.2, 0.25) is 0 Å². The molecule has 20 heavy (non-hydrogen) atoms. The van der Waals surface area contributed by atoms with Gasteiger partial charge in [0.15, 0.2) is 0 Å². The van der Waals surface area contributed by atoms with Crippen LogP contribution >= 0.6 is 0 Å². The number of nitrogens with two attached hydrogens (primary N) is 1. The molecule has 0 bridgehead atoms. The second kappa shape index (κ2) is 5.78. The van der Waals surface area contributed by atoms with E-state index in [1.165, 1.54) is 31.3 Å². The second-order valence-corrected chi connectivity index (χ2v) is 8.65. The summed E-state index contributed by atoms with van der Waals surface area (Å²) in [4.78, 5) is -0.0186. The number of hydrogen-bond donors (Lipinski definition) is 3. The molecule has 114 valence electrons. The lowest BCUT2D eigenvalue weighted by Gasteiger charge is -2.19. The van der Waals surface area contributed by atoms with E-state index in [2.05, 4.69) is 9.44 Å². The maximum absolute atomic E-state index is 12.0. The highest BCUT2D eigenvalue weighted by molar-refractivity contribution is 7.90. The minimum absolute atomic E-state index is 0.00175. The van der Waals surface area contributed by atoms with Gasteiger partial charge in [-0.1, -0.05) is 0 Å². The highest BCUT2D eigenvalue weighted by Crippen LogP contribution is 2.14. The normalized spacial score (nSPS) is 13.4. The smallest absolute Gasteiger partial charge is 0.240 e. The van der Waals surface area contributed by atoms with E-state index in [0.717, 1.165) is 0 Å². The van der Waals surface area contributed by atoms with Gasteiger partial charge in [0.2, 0.25) is 20.0 Å². The van der Waals surface area contributed by atoms with Gasteiger partial charge in [0.1, 0.15) is 0 Å². The molecule has 0 atom stereocenters. The predicted molar refractivity (Wildman–Crippen MR) is 76.1 cm³/mol. The van der Waals surface area contributed by atoms with Gasteiger partial charge in [-0.25, -0.2) is 26.3 Å². The monoisotopic (exact) mass is 321 g/mol. The molecular formula is C11H19N3O4S2. The molecule has 0 aliphatic heterocycles. The summed E-state index contributed by atoms with van der Waals surface area (Å²) in [5, 5.41) is 0. The molecule has 4 N–H and O–H groups in total. The first-order chi connectivity index (χ1) is 8.98. The van der Waals surface area contributed by atoms with Crippen molar-refractivity contribution in [3.8, 4) is 0 Å². The van der Waals surface area contributed by atoms with Crippen molar-refractivity contribution in [2.75, 3.05) is 13.6 Å². The van der Waals surface area contributed by atoms with Crippen LogP contribution in [0.5, 0.6) is 0 Å². The van der Waals surface area contributed by atoms with Crippen LogP contribution in [-0.4, -0.2) is 36.0 Å². The first kappa shape index (κ1) is 17.1. The Morgan fingerprint density at radius 1 is 1.00 bits per heavy atom. The number of rotatable bonds is 6. The van der Waals surface area contributed by atoms with Crippen molar-refractivity contribution in [1.82, 2.24) is 9.44 Å². The van der Waals surface area contributed by atoms with Crippen LogP contribution in [0.1, 0.15) is 13.8 Å². The van der Waals surface area contributed by atoms with E-state index in [1.54, 1.807) is 13.8 Å². The fourth-order valence-corrected chi connectivity index (χ4v) is 3.23. The molecule has 0 unspecified atom stereocenters. The first-order valence-corrected chi connectivity index (χ1v) is 8.77. The van der Waals surface area contributed by atoms with Crippen LogP contribution in [0.3, 0.4) is 0 Å². The Balaban J connectivity index is 2.99. The summed E-state index contributed by atoms with van der Waals surface area (Å²) >= 11 is 0. The molecule has 9 heteroatoms. The molecule has 0 aliphatic rings. The molecule has 0 amide bonds. The Bertz CT molecular complexity index is 659. The van der Waals surface area contributed by atoms with E-state index in [9.17, 15) is 16.8 Å². The van der Waals surface area contributed by atoms with E-state index in [0.29, 0.717) is 0 Å². The predicted octanol–water partition coefficient (Wildman–Crippen LogP) is -0.390. The average Bonchev–Trinajstić information content (AvgIpc) is 2.36. The maximum atomic E-state index is 12.0. The fraction of sp³-hybridized carbons (Fsp3) is 0.455. The second-order valence-electron chi connectivity index (χ2n) is 4.99. The Morgan fingerprint density at radius 3 is 1.75 bits per heavy atom. The summed E-state index contributed by atoms with van der Waals surface area (Å²) in [6.07, 6.45) is 0. The van der Waals surface area contributed by atoms with Crippen molar-refractivity contribution in [1.29, 1.82) is 0 Å². The molecule has 1 aromatic carbocycles. The molecule has 0 saturated heterocycles. The summed E-state index contributed by atoms with van der Waals surface area (Å²) in [5.74, 6) is 0. The molecule has 0 saturated carbocycles. The Labute approximate surface area is 119 Å². The van der Waals surface area contributed by atoms with Crippen molar-refractivity contribution >= 4 is 20.0 Å². The number of sulfonamides is 2. The molecule has 1 rings (SSSR count). The third-order valence-electron chi connectivity index (χ3n) is 2.43. The van der Waals surface area contributed by atoms with Crippen molar-refractivity contribution < 1.29 is 16.8 Å². The summed E-state index contributed by atoms with van der Waals surface area (Å²) in [5.41, 5.74) is 5.03. The lowest BCUT2D eigenvalue weighted by Crippen LogP contribution is -2.45. The average molecular weight is 321 g/mol. The Morgan fingerprint density at radius 2 is 1.40 bits per heavy atom. The summed E-state index contributed by atoms with van der Waals surface area (Å²) in [7, 11) is -6.01. The third kappa shape index (κ3) is 4.53. The third-order valence-corrected chi connectivity index (χ3v) is 5.28. The van der Waals surface area contributed by atoms with Gasteiger partial charge in [0.25, 0.3) is 0 Å². The number of nitrogens with one attached hydrogen (secondary N) is 2. The van der Waals surface area contributed by atoms with Crippen molar-refractivity contribution in [3.63, 3.8) is 0 Å². The molecule has 7 nitrogen and oxygen atoms in total. The van der Waals surface area contributed by atoms with Gasteiger partial charge in [-0.05, 0) is 45.2 Å². The zero-order chi connectivity index (χ0) is 15.6. The quantitative estimate of drug-likeness (QED) is 0.659. The van der Waals surface area contributed by atoms with E-state index >= 15 is 0 Å². The first-order valence-electron chi connectivity index (χ1n) is 5.80.